The molecule has 0 aromatic heterocycles. The number of hydrogen-bond donors (Lipinski definition) is 2. The summed E-state index contributed by atoms with van der Waals surface area (Å²) in [5.41, 5.74) is 4.10. The van der Waals surface area contributed by atoms with Crippen LogP contribution in [0, 0.1) is 0 Å². The molecule has 2 N–H and O–H groups in total. The number of benzene rings is 2. The van der Waals surface area contributed by atoms with Gasteiger partial charge in [0.05, 0.1) is 12.7 Å². The lowest BCUT2D eigenvalue weighted by Crippen LogP contribution is -2.44. The van der Waals surface area contributed by atoms with Crippen LogP contribution >= 0.6 is 0 Å². The molecule has 2 aliphatic rings. The van der Waals surface area contributed by atoms with E-state index in [1.54, 1.807) is 0 Å². The van der Waals surface area contributed by atoms with Crippen molar-refractivity contribution < 1.29 is 9.47 Å². The zero-order valence-electron chi connectivity index (χ0n) is 19.3. The molecule has 0 unspecified atom stereocenters. The minimum absolute atomic E-state index is 0.209. The maximum Gasteiger partial charge on any atom is 0.191 e. The fourth-order valence-corrected chi connectivity index (χ4v) is 4.96. The number of nitrogens with one attached hydrogen (secondary N) is 2. The largest absolute Gasteiger partial charge is 0.381 e. The first kappa shape index (κ1) is 22.8. The average molecular weight is 436 g/mol. The van der Waals surface area contributed by atoms with Crippen molar-refractivity contribution in [1.29, 1.82) is 0 Å². The van der Waals surface area contributed by atoms with Crippen LogP contribution in [0.1, 0.15) is 55.2 Å². The Hall–Kier alpha value is -2.37. The van der Waals surface area contributed by atoms with Crippen LogP contribution in [0.4, 0.5) is 0 Å². The van der Waals surface area contributed by atoms with Gasteiger partial charge in [0.25, 0.3) is 0 Å². The van der Waals surface area contributed by atoms with Gasteiger partial charge in [0.2, 0.25) is 0 Å². The molecule has 2 aromatic rings. The Bertz CT molecular complexity index is 856. The van der Waals surface area contributed by atoms with E-state index in [4.69, 9.17) is 9.47 Å². The second-order valence-electron chi connectivity index (χ2n) is 9.08. The van der Waals surface area contributed by atoms with Crippen molar-refractivity contribution in [3.63, 3.8) is 0 Å². The molecule has 0 amide bonds. The summed E-state index contributed by atoms with van der Waals surface area (Å²) in [6.45, 7) is 3.93. The van der Waals surface area contributed by atoms with E-state index in [1.807, 2.05) is 7.05 Å². The fourth-order valence-electron chi connectivity index (χ4n) is 4.96. The molecule has 1 aliphatic carbocycles. The van der Waals surface area contributed by atoms with Gasteiger partial charge in [0.1, 0.15) is 0 Å². The van der Waals surface area contributed by atoms with Crippen LogP contribution in [0.15, 0.2) is 59.6 Å². The Morgan fingerprint density at radius 3 is 2.50 bits per heavy atom. The van der Waals surface area contributed by atoms with Gasteiger partial charge in [-0.05, 0) is 42.4 Å². The number of aliphatic imine (C=N–C) groups is 1. The second kappa shape index (κ2) is 11.5. The quantitative estimate of drug-likeness (QED) is 0.471. The topological polar surface area (TPSA) is 54.9 Å². The van der Waals surface area contributed by atoms with E-state index in [0.717, 1.165) is 45.1 Å². The molecule has 1 saturated carbocycles. The third kappa shape index (κ3) is 6.11. The third-order valence-corrected chi connectivity index (χ3v) is 6.87. The zero-order chi connectivity index (χ0) is 22.1. The highest BCUT2D eigenvalue weighted by molar-refractivity contribution is 5.79. The van der Waals surface area contributed by atoms with Gasteiger partial charge in [-0.3, -0.25) is 4.99 Å². The highest BCUT2D eigenvalue weighted by Gasteiger charge is 2.35. The van der Waals surface area contributed by atoms with E-state index in [-0.39, 0.29) is 5.41 Å². The Morgan fingerprint density at radius 1 is 1.00 bits per heavy atom. The molecule has 4 rings (SSSR count). The molecule has 2 aromatic carbocycles. The van der Waals surface area contributed by atoms with E-state index in [9.17, 15) is 0 Å². The Labute approximate surface area is 192 Å². The van der Waals surface area contributed by atoms with Crippen LogP contribution in [-0.4, -0.2) is 38.9 Å². The number of hydrogen-bond acceptors (Lipinski definition) is 3. The number of guanidine groups is 1. The Morgan fingerprint density at radius 2 is 1.75 bits per heavy atom. The highest BCUT2D eigenvalue weighted by atomic mass is 16.5. The molecular formula is C27H37N3O2. The van der Waals surface area contributed by atoms with E-state index in [0.29, 0.717) is 12.7 Å². The standard InChI is InChI=1S/C27H37N3O2/c1-28-26(30-21-27(14-5-6-15-27)24-10-3-2-4-11-24)29-19-22-8-7-9-23(18-22)20-32-25-12-16-31-17-13-25/h2-4,7-11,18,25H,5-6,12-17,19-21H2,1H3,(H2,28,29,30). The minimum Gasteiger partial charge on any atom is -0.381 e. The summed E-state index contributed by atoms with van der Waals surface area (Å²) in [5, 5.41) is 7.10. The number of ether oxygens (including phenoxy) is 2. The SMILES string of the molecule is CN=C(NCc1cccc(COC2CCOCC2)c1)NCC1(c2ccccc2)CCCC1. The van der Waals surface area contributed by atoms with Crippen molar-refractivity contribution in [2.45, 2.75) is 63.2 Å². The van der Waals surface area contributed by atoms with Crippen LogP contribution in [0.3, 0.4) is 0 Å². The molecule has 5 heteroatoms. The van der Waals surface area contributed by atoms with Crippen LogP contribution in [0.5, 0.6) is 0 Å². The van der Waals surface area contributed by atoms with Crippen LogP contribution in [0.2, 0.25) is 0 Å². The van der Waals surface area contributed by atoms with Gasteiger partial charge in [0, 0.05) is 38.8 Å². The second-order valence-corrected chi connectivity index (χ2v) is 9.08. The van der Waals surface area contributed by atoms with Gasteiger partial charge >= 0.3 is 0 Å². The first-order valence-electron chi connectivity index (χ1n) is 12.0. The minimum atomic E-state index is 0.209. The maximum atomic E-state index is 6.08. The van der Waals surface area contributed by atoms with Crippen molar-refractivity contribution in [2.24, 2.45) is 4.99 Å². The molecule has 172 valence electrons. The fraction of sp³-hybridized carbons (Fsp3) is 0.519. The van der Waals surface area contributed by atoms with Gasteiger partial charge in [0.15, 0.2) is 5.96 Å². The summed E-state index contributed by atoms with van der Waals surface area (Å²) < 4.78 is 11.5. The Kier molecular flexibility index (Phi) is 8.18. The summed E-state index contributed by atoms with van der Waals surface area (Å²) in [6, 6.07) is 19.6. The lowest BCUT2D eigenvalue weighted by molar-refractivity contribution is -0.0390. The predicted octanol–water partition coefficient (Wildman–Crippen LogP) is 4.56. The van der Waals surface area contributed by atoms with E-state index in [1.165, 1.54) is 42.4 Å². The molecule has 1 heterocycles. The summed E-state index contributed by atoms with van der Waals surface area (Å²) >= 11 is 0. The van der Waals surface area contributed by atoms with Crippen molar-refractivity contribution >= 4 is 5.96 Å². The van der Waals surface area contributed by atoms with Crippen molar-refractivity contribution in [3.05, 3.63) is 71.3 Å². The van der Waals surface area contributed by atoms with Crippen molar-refractivity contribution in [3.8, 4) is 0 Å². The smallest absolute Gasteiger partial charge is 0.191 e. The van der Waals surface area contributed by atoms with Crippen LogP contribution in [-0.2, 0) is 28.0 Å². The summed E-state index contributed by atoms with van der Waals surface area (Å²) in [6.07, 6.45) is 7.37. The molecule has 5 nitrogen and oxygen atoms in total. The summed E-state index contributed by atoms with van der Waals surface area (Å²) in [4.78, 5) is 4.47. The van der Waals surface area contributed by atoms with Crippen molar-refractivity contribution in [1.82, 2.24) is 10.6 Å². The first-order valence-corrected chi connectivity index (χ1v) is 12.0. The maximum absolute atomic E-state index is 6.08. The van der Waals surface area contributed by atoms with Crippen LogP contribution in [0.25, 0.3) is 0 Å². The lowest BCUT2D eigenvalue weighted by Gasteiger charge is -2.30. The predicted molar refractivity (Wildman–Crippen MR) is 130 cm³/mol. The van der Waals surface area contributed by atoms with Crippen molar-refractivity contribution in [2.75, 3.05) is 26.8 Å². The average Bonchev–Trinajstić information content (AvgIpc) is 3.35. The lowest BCUT2D eigenvalue weighted by atomic mass is 9.79. The van der Waals surface area contributed by atoms with E-state index in [2.05, 4.69) is 70.2 Å². The third-order valence-electron chi connectivity index (χ3n) is 6.87. The van der Waals surface area contributed by atoms with Gasteiger partial charge in [-0.2, -0.15) is 0 Å². The monoisotopic (exact) mass is 435 g/mol. The van der Waals surface area contributed by atoms with Gasteiger partial charge in [-0.15, -0.1) is 0 Å². The molecule has 1 saturated heterocycles. The number of rotatable bonds is 8. The van der Waals surface area contributed by atoms with Gasteiger partial charge in [-0.25, -0.2) is 0 Å². The highest BCUT2D eigenvalue weighted by Crippen LogP contribution is 2.40. The molecule has 0 atom stereocenters. The molecular weight excluding hydrogens is 398 g/mol. The molecule has 32 heavy (non-hydrogen) atoms. The van der Waals surface area contributed by atoms with E-state index < -0.39 is 0 Å². The van der Waals surface area contributed by atoms with E-state index >= 15 is 0 Å². The summed E-state index contributed by atoms with van der Waals surface area (Å²) in [7, 11) is 1.84. The van der Waals surface area contributed by atoms with Crippen LogP contribution < -0.4 is 10.6 Å². The first-order chi connectivity index (χ1) is 15.8. The Balaban J connectivity index is 1.29. The molecule has 0 spiro atoms. The molecule has 0 radical (unpaired) electrons. The number of nitrogens with zero attached hydrogens (tertiary/aromatic N) is 1. The van der Waals surface area contributed by atoms with Gasteiger partial charge in [-0.1, -0.05) is 67.4 Å². The normalized spacial score (nSPS) is 19.1. The molecule has 0 bridgehead atoms. The summed E-state index contributed by atoms with van der Waals surface area (Å²) in [5.74, 6) is 0.857. The zero-order valence-corrected chi connectivity index (χ0v) is 19.3. The van der Waals surface area contributed by atoms with Gasteiger partial charge < -0.3 is 20.1 Å². The molecule has 1 aliphatic heterocycles. The molecule has 2 fully saturated rings.